The van der Waals surface area contributed by atoms with E-state index >= 15 is 0 Å². The molecule has 0 atom stereocenters. The molecule has 3 aromatic heterocycles. The van der Waals surface area contributed by atoms with Gasteiger partial charge in [-0.1, -0.05) is 12.1 Å². The number of fused-ring (bicyclic) bond motifs is 1. The van der Waals surface area contributed by atoms with Crippen molar-refractivity contribution in [2.75, 3.05) is 12.0 Å². The highest BCUT2D eigenvalue weighted by molar-refractivity contribution is 6.09. The summed E-state index contributed by atoms with van der Waals surface area (Å²) in [7, 11) is 1.29. The molecule has 0 N–H and O–H groups in total. The van der Waals surface area contributed by atoms with Crippen LogP contribution in [-0.2, 0) is 4.74 Å². The molecule has 0 spiro atoms. The highest BCUT2D eigenvalue weighted by Crippen LogP contribution is 2.37. The number of amides is 1. The lowest BCUT2D eigenvalue weighted by atomic mass is 9.97. The summed E-state index contributed by atoms with van der Waals surface area (Å²) in [5.74, 6) is -0.239. The van der Waals surface area contributed by atoms with E-state index < -0.39 is 11.8 Å². The van der Waals surface area contributed by atoms with Crippen LogP contribution in [0.4, 0.5) is 10.2 Å². The zero-order chi connectivity index (χ0) is 27.1. The summed E-state index contributed by atoms with van der Waals surface area (Å²) in [6.45, 7) is 1.95. The predicted molar refractivity (Wildman–Crippen MR) is 145 cm³/mol. The van der Waals surface area contributed by atoms with Crippen molar-refractivity contribution in [2.24, 2.45) is 0 Å². The zero-order valence-corrected chi connectivity index (χ0v) is 21.3. The van der Waals surface area contributed by atoms with E-state index in [1.807, 2.05) is 43.3 Å². The van der Waals surface area contributed by atoms with Crippen LogP contribution in [-0.4, -0.2) is 35.0 Å². The number of esters is 1. The van der Waals surface area contributed by atoms with Crippen LogP contribution in [0.25, 0.3) is 33.6 Å². The van der Waals surface area contributed by atoms with Gasteiger partial charge >= 0.3 is 5.97 Å². The number of halogens is 1. The molecule has 8 heteroatoms. The van der Waals surface area contributed by atoms with Crippen LogP contribution in [0.1, 0.15) is 39.1 Å². The summed E-state index contributed by atoms with van der Waals surface area (Å²) < 4.78 is 24.5. The third-order valence-electron chi connectivity index (χ3n) is 6.86. The Kier molecular flexibility index (Phi) is 6.15. The Hall–Kier alpha value is -4.85. The van der Waals surface area contributed by atoms with Crippen molar-refractivity contribution in [1.82, 2.24) is 9.97 Å². The molecule has 7 nitrogen and oxygen atoms in total. The van der Waals surface area contributed by atoms with Crippen molar-refractivity contribution in [2.45, 2.75) is 25.8 Å². The highest BCUT2D eigenvalue weighted by Gasteiger charge is 2.35. The van der Waals surface area contributed by atoms with Gasteiger partial charge in [0, 0.05) is 35.1 Å². The fourth-order valence-electron chi connectivity index (χ4n) is 4.73. The molecule has 0 aliphatic heterocycles. The third kappa shape index (κ3) is 4.54. The first kappa shape index (κ1) is 24.5. The number of ether oxygens (including phenoxy) is 1. The number of nitrogens with zero attached hydrogens (tertiary/aromatic N) is 3. The number of carbonyl (C=O) groups excluding carboxylic acids is 2. The first-order valence-corrected chi connectivity index (χ1v) is 12.6. The second kappa shape index (κ2) is 9.79. The smallest absolute Gasteiger partial charge is 0.342 e. The maximum absolute atomic E-state index is 13.7. The molecular weight excluding hydrogens is 497 g/mol. The van der Waals surface area contributed by atoms with Gasteiger partial charge in [0.1, 0.15) is 17.2 Å². The Labute approximate surface area is 223 Å². The van der Waals surface area contributed by atoms with Crippen molar-refractivity contribution >= 4 is 28.8 Å². The van der Waals surface area contributed by atoms with E-state index in [1.165, 1.54) is 31.4 Å². The SMILES string of the molecule is COC(=O)c1c(-c2ccc(F)cc2)oc2ncc(-c3cc(C(=O)N(c4ccccn4)C4CC4)ccc3C)cc12. The number of benzene rings is 2. The van der Waals surface area contributed by atoms with E-state index in [1.54, 1.807) is 23.4 Å². The monoisotopic (exact) mass is 521 g/mol. The Morgan fingerprint density at radius 2 is 1.79 bits per heavy atom. The summed E-state index contributed by atoms with van der Waals surface area (Å²) in [6.07, 6.45) is 5.21. The molecule has 1 saturated carbocycles. The molecule has 2 aromatic carbocycles. The fourth-order valence-corrected chi connectivity index (χ4v) is 4.73. The molecule has 1 aliphatic rings. The average molecular weight is 522 g/mol. The molecular formula is C31H24FN3O4. The molecule has 0 unspecified atom stereocenters. The number of furan rings is 1. The van der Waals surface area contributed by atoms with E-state index in [2.05, 4.69) is 9.97 Å². The zero-order valence-electron chi connectivity index (χ0n) is 21.3. The Bertz CT molecular complexity index is 1710. The minimum atomic E-state index is -0.594. The van der Waals surface area contributed by atoms with Crippen molar-refractivity contribution in [3.63, 3.8) is 0 Å². The van der Waals surface area contributed by atoms with E-state index in [-0.39, 0.29) is 29.0 Å². The van der Waals surface area contributed by atoms with Crippen LogP contribution >= 0.6 is 0 Å². The number of rotatable bonds is 6. The number of aromatic nitrogens is 2. The number of hydrogen-bond donors (Lipinski definition) is 0. The van der Waals surface area contributed by atoms with Crippen molar-refractivity contribution < 1.29 is 23.1 Å². The molecule has 5 aromatic rings. The number of anilines is 1. The lowest BCUT2D eigenvalue weighted by Crippen LogP contribution is -2.33. The molecule has 0 saturated heterocycles. The number of carbonyl (C=O) groups is 2. The van der Waals surface area contributed by atoms with Crippen LogP contribution in [0.5, 0.6) is 0 Å². The topological polar surface area (TPSA) is 85.5 Å². The molecule has 0 bridgehead atoms. The van der Waals surface area contributed by atoms with Gasteiger partial charge < -0.3 is 9.15 Å². The van der Waals surface area contributed by atoms with E-state index in [9.17, 15) is 14.0 Å². The van der Waals surface area contributed by atoms with Gasteiger partial charge in [0.2, 0.25) is 5.71 Å². The van der Waals surface area contributed by atoms with Crippen molar-refractivity contribution in [1.29, 1.82) is 0 Å². The average Bonchev–Trinajstić information content (AvgIpc) is 3.72. The van der Waals surface area contributed by atoms with Gasteiger partial charge in [0.25, 0.3) is 5.91 Å². The molecule has 1 aliphatic carbocycles. The lowest BCUT2D eigenvalue weighted by Gasteiger charge is -2.22. The fraction of sp³-hybridized carbons (Fsp3) is 0.161. The summed E-state index contributed by atoms with van der Waals surface area (Å²) in [5.41, 5.74) is 3.95. The van der Waals surface area contributed by atoms with Gasteiger partial charge in [0.15, 0.2) is 5.76 Å². The number of aryl methyl sites for hydroxylation is 1. The third-order valence-corrected chi connectivity index (χ3v) is 6.86. The lowest BCUT2D eigenvalue weighted by molar-refractivity contribution is 0.0603. The maximum atomic E-state index is 13.7. The minimum absolute atomic E-state index is 0.122. The Balaban J connectivity index is 1.44. The highest BCUT2D eigenvalue weighted by atomic mass is 19.1. The van der Waals surface area contributed by atoms with Gasteiger partial charge in [-0.15, -0.1) is 0 Å². The van der Waals surface area contributed by atoms with Crippen molar-refractivity contribution in [3.05, 3.63) is 102 Å². The van der Waals surface area contributed by atoms with Gasteiger partial charge in [-0.3, -0.25) is 9.69 Å². The molecule has 1 amide bonds. The Morgan fingerprint density at radius 1 is 1.00 bits per heavy atom. The Morgan fingerprint density at radius 3 is 2.49 bits per heavy atom. The van der Waals surface area contributed by atoms with E-state index in [0.29, 0.717) is 27.9 Å². The number of hydrogen-bond acceptors (Lipinski definition) is 6. The molecule has 194 valence electrons. The van der Waals surface area contributed by atoms with Gasteiger partial charge in [-0.2, -0.15) is 0 Å². The standard InChI is InChI=1S/C31H24FN3O4/c1-18-6-7-20(30(36)35(23-12-13-23)26-5-3-4-14-33-26)15-24(18)21-16-25-27(31(37)38-2)28(39-29(25)34-17-21)19-8-10-22(32)11-9-19/h3-11,14-17,23H,12-13H2,1-2H3. The van der Waals surface area contributed by atoms with E-state index in [4.69, 9.17) is 9.15 Å². The number of pyridine rings is 2. The largest absolute Gasteiger partial charge is 0.465 e. The van der Waals surface area contributed by atoms with Crippen LogP contribution in [0.2, 0.25) is 0 Å². The van der Waals surface area contributed by atoms with Crippen LogP contribution in [0.3, 0.4) is 0 Å². The van der Waals surface area contributed by atoms with Crippen LogP contribution in [0, 0.1) is 12.7 Å². The second-order valence-corrected chi connectivity index (χ2v) is 9.51. The normalized spacial score (nSPS) is 12.9. The predicted octanol–water partition coefficient (Wildman–Crippen LogP) is 6.60. The van der Waals surface area contributed by atoms with E-state index in [0.717, 1.165) is 24.0 Å². The van der Waals surface area contributed by atoms with Gasteiger partial charge in [-0.25, -0.2) is 19.2 Å². The molecule has 0 radical (unpaired) electrons. The summed E-state index contributed by atoms with van der Waals surface area (Å²) in [4.78, 5) is 37.2. The van der Waals surface area contributed by atoms with Crippen LogP contribution in [0.15, 0.2) is 83.5 Å². The van der Waals surface area contributed by atoms with Gasteiger partial charge in [-0.05, 0) is 85.5 Å². The van der Waals surface area contributed by atoms with Crippen LogP contribution < -0.4 is 4.90 Å². The summed E-state index contributed by atoms with van der Waals surface area (Å²) in [5, 5.41) is 0.461. The van der Waals surface area contributed by atoms with Crippen molar-refractivity contribution in [3.8, 4) is 22.5 Å². The molecule has 6 rings (SSSR count). The quantitative estimate of drug-likeness (QED) is 0.234. The minimum Gasteiger partial charge on any atom is -0.465 e. The summed E-state index contributed by atoms with van der Waals surface area (Å²) >= 11 is 0. The first-order valence-electron chi connectivity index (χ1n) is 12.6. The molecule has 39 heavy (non-hydrogen) atoms. The maximum Gasteiger partial charge on any atom is 0.342 e. The van der Waals surface area contributed by atoms with Gasteiger partial charge in [0.05, 0.1) is 12.5 Å². The summed E-state index contributed by atoms with van der Waals surface area (Å²) in [6, 6.07) is 18.7. The molecule has 1 fully saturated rings. The number of methoxy groups -OCH3 is 1. The second-order valence-electron chi connectivity index (χ2n) is 9.51. The first-order chi connectivity index (χ1) is 18.9. The molecule has 3 heterocycles.